The van der Waals surface area contributed by atoms with Crippen molar-refractivity contribution in [1.82, 2.24) is 29.5 Å². The summed E-state index contributed by atoms with van der Waals surface area (Å²) in [7, 11) is 1.89. The van der Waals surface area contributed by atoms with Crippen LogP contribution in [0, 0.1) is 0 Å². The summed E-state index contributed by atoms with van der Waals surface area (Å²) in [6.45, 7) is 4.72. The van der Waals surface area contributed by atoms with Crippen LogP contribution in [-0.4, -0.2) is 46.4 Å². The van der Waals surface area contributed by atoms with E-state index in [1.807, 2.05) is 30.0 Å². The van der Waals surface area contributed by atoms with Gasteiger partial charge in [0.2, 0.25) is 0 Å². The van der Waals surface area contributed by atoms with Gasteiger partial charge in [0.25, 0.3) is 0 Å². The van der Waals surface area contributed by atoms with Crippen LogP contribution >= 0.6 is 11.8 Å². The summed E-state index contributed by atoms with van der Waals surface area (Å²) in [6, 6.07) is 0. The number of nitrogens with zero attached hydrogens (tertiary/aromatic N) is 6. The van der Waals surface area contributed by atoms with Gasteiger partial charge in [0.1, 0.15) is 18.0 Å². The van der Waals surface area contributed by atoms with E-state index in [4.69, 9.17) is 5.11 Å². The molecule has 21 heavy (non-hydrogen) atoms. The Morgan fingerprint density at radius 3 is 2.71 bits per heavy atom. The number of hydrogen-bond acceptors (Lipinski definition) is 6. The first-order valence-electron chi connectivity index (χ1n) is 6.59. The molecule has 0 aliphatic rings. The molecule has 0 atom stereocenters. The summed E-state index contributed by atoms with van der Waals surface area (Å²) in [5, 5.41) is 25.6. The molecule has 2 aromatic heterocycles. The van der Waals surface area contributed by atoms with Crippen molar-refractivity contribution >= 4 is 17.7 Å². The van der Waals surface area contributed by atoms with Gasteiger partial charge in [-0.15, -0.1) is 20.4 Å². The number of carbonyl (C=O) groups is 1. The zero-order valence-electron chi connectivity index (χ0n) is 12.2. The smallest absolute Gasteiger partial charge is 0.313 e. The SMILES string of the molecule is CC(C)c1nnc(SCC(=O)O)n1CCc1nncn1C. The van der Waals surface area contributed by atoms with Crippen LogP contribution in [0.5, 0.6) is 0 Å². The molecule has 0 fully saturated rings. The van der Waals surface area contributed by atoms with Crippen molar-refractivity contribution in [2.24, 2.45) is 7.05 Å². The van der Waals surface area contributed by atoms with E-state index in [1.165, 1.54) is 11.8 Å². The quantitative estimate of drug-likeness (QED) is 0.760. The van der Waals surface area contributed by atoms with Crippen molar-refractivity contribution in [2.75, 3.05) is 5.75 Å². The first-order chi connectivity index (χ1) is 9.99. The number of aryl methyl sites for hydroxylation is 2. The predicted molar refractivity (Wildman–Crippen MR) is 77.2 cm³/mol. The molecular formula is C12H18N6O2S. The number of thioether (sulfide) groups is 1. The number of hydrogen-bond donors (Lipinski definition) is 1. The third kappa shape index (κ3) is 3.81. The monoisotopic (exact) mass is 310 g/mol. The lowest BCUT2D eigenvalue weighted by Gasteiger charge is -2.11. The van der Waals surface area contributed by atoms with Crippen LogP contribution in [0.2, 0.25) is 0 Å². The summed E-state index contributed by atoms with van der Waals surface area (Å²) < 4.78 is 3.83. The molecule has 0 radical (unpaired) electrons. The average molecular weight is 310 g/mol. The Labute approximate surface area is 126 Å². The highest BCUT2D eigenvalue weighted by Crippen LogP contribution is 2.21. The summed E-state index contributed by atoms with van der Waals surface area (Å²) in [6.07, 6.45) is 2.35. The molecule has 2 heterocycles. The third-order valence-electron chi connectivity index (χ3n) is 2.95. The summed E-state index contributed by atoms with van der Waals surface area (Å²) in [5.74, 6) is 1.04. The fourth-order valence-electron chi connectivity index (χ4n) is 1.92. The molecule has 0 saturated heterocycles. The molecule has 114 valence electrons. The lowest BCUT2D eigenvalue weighted by molar-refractivity contribution is -0.133. The first-order valence-corrected chi connectivity index (χ1v) is 7.58. The molecular weight excluding hydrogens is 292 g/mol. The third-order valence-corrected chi connectivity index (χ3v) is 3.90. The van der Waals surface area contributed by atoms with Gasteiger partial charge in [-0.25, -0.2) is 0 Å². The Balaban J connectivity index is 2.16. The maximum Gasteiger partial charge on any atom is 0.313 e. The molecule has 0 aromatic carbocycles. The fraction of sp³-hybridized carbons (Fsp3) is 0.583. The zero-order chi connectivity index (χ0) is 15.4. The minimum Gasteiger partial charge on any atom is -0.481 e. The minimum atomic E-state index is -0.867. The summed E-state index contributed by atoms with van der Waals surface area (Å²) >= 11 is 1.18. The van der Waals surface area contributed by atoms with Gasteiger partial charge in [-0.3, -0.25) is 4.79 Å². The minimum absolute atomic E-state index is 0.0276. The van der Waals surface area contributed by atoms with Crippen molar-refractivity contribution in [3.05, 3.63) is 18.0 Å². The Morgan fingerprint density at radius 1 is 1.38 bits per heavy atom. The van der Waals surface area contributed by atoms with E-state index >= 15 is 0 Å². The van der Waals surface area contributed by atoms with Crippen molar-refractivity contribution in [2.45, 2.75) is 37.9 Å². The molecule has 2 aromatic rings. The molecule has 0 amide bonds. The van der Waals surface area contributed by atoms with Crippen molar-refractivity contribution in [1.29, 1.82) is 0 Å². The van der Waals surface area contributed by atoms with Gasteiger partial charge in [-0.2, -0.15) is 0 Å². The Hall–Kier alpha value is -1.90. The van der Waals surface area contributed by atoms with Crippen LogP contribution in [0.15, 0.2) is 11.5 Å². The maximum atomic E-state index is 10.7. The number of aromatic nitrogens is 6. The molecule has 1 N–H and O–H groups in total. The number of carboxylic acid groups (broad SMARTS) is 1. The number of rotatable bonds is 7. The molecule has 8 nitrogen and oxygen atoms in total. The van der Waals surface area contributed by atoms with Crippen LogP contribution in [-0.2, 0) is 24.8 Å². The van der Waals surface area contributed by atoms with Gasteiger partial charge < -0.3 is 14.2 Å². The van der Waals surface area contributed by atoms with Gasteiger partial charge in [0.15, 0.2) is 5.16 Å². The van der Waals surface area contributed by atoms with Gasteiger partial charge >= 0.3 is 5.97 Å². The van der Waals surface area contributed by atoms with Crippen LogP contribution in [0.25, 0.3) is 0 Å². The van der Waals surface area contributed by atoms with Gasteiger partial charge in [0, 0.05) is 25.9 Å². The normalized spacial score (nSPS) is 11.2. The summed E-state index contributed by atoms with van der Waals surface area (Å²) in [4.78, 5) is 10.7. The molecule has 0 unspecified atom stereocenters. The molecule has 0 aliphatic heterocycles. The molecule has 2 rings (SSSR count). The van der Waals surface area contributed by atoms with Crippen LogP contribution in [0.4, 0.5) is 0 Å². The highest BCUT2D eigenvalue weighted by Gasteiger charge is 2.16. The van der Waals surface area contributed by atoms with E-state index in [0.29, 0.717) is 18.1 Å². The van der Waals surface area contributed by atoms with Gasteiger partial charge in [-0.05, 0) is 0 Å². The molecule has 9 heteroatoms. The highest BCUT2D eigenvalue weighted by atomic mass is 32.2. The van der Waals surface area contributed by atoms with Crippen molar-refractivity contribution in [3.8, 4) is 0 Å². The van der Waals surface area contributed by atoms with Crippen molar-refractivity contribution < 1.29 is 9.90 Å². The second kappa shape index (κ2) is 6.70. The van der Waals surface area contributed by atoms with E-state index in [9.17, 15) is 4.79 Å². The standard InChI is InChI=1S/C12H18N6O2S/c1-8(2)11-15-16-12(21-6-10(19)20)18(11)5-4-9-14-13-7-17(9)3/h7-8H,4-6H2,1-3H3,(H,19,20). The lowest BCUT2D eigenvalue weighted by atomic mass is 10.2. The number of aliphatic carboxylic acids is 1. The molecule has 0 aliphatic carbocycles. The van der Waals surface area contributed by atoms with Crippen LogP contribution < -0.4 is 0 Å². The van der Waals surface area contributed by atoms with Gasteiger partial charge in [0.05, 0.1) is 5.75 Å². The predicted octanol–water partition coefficient (Wildman–Crippen LogP) is 0.949. The maximum absolute atomic E-state index is 10.7. The van der Waals surface area contributed by atoms with Gasteiger partial charge in [-0.1, -0.05) is 25.6 Å². The van der Waals surface area contributed by atoms with E-state index in [2.05, 4.69) is 20.4 Å². The van der Waals surface area contributed by atoms with Crippen LogP contribution in [0.1, 0.15) is 31.4 Å². The van der Waals surface area contributed by atoms with E-state index in [0.717, 1.165) is 11.6 Å². The Bertz CT molecular complexity index is 621. The van der Waals surface area contributed by atoms with Crippen molar-refractivity contribution in [3.63, 3.8) is 0 Å². The average Bonchev–Trinajstić information content (AvgIpc) is 3.00. The largest absolute Gasteiger partial charge is 0.481 e. The second-order valence-electron chi connectivity index (χ2n) is 4.94. The molecule has 0 bridgehead atoms. The van der Waals surface area contributed by atoms with E-state index in [1.54, 1.807) is 6.33 Å². The van der Waals surface area contributed by atoms with E-state index in [-0.39, 0.29) is 11.7 Å². The molecule has 0 saturated carbocycles. The fourth-order valence-corrected chi connectivity index (χ4v) is 2.61. The number of carboxylic acids is 1. The lowest BCUT2D eigenvalue weighted by Crippen LogP contribution is -2.11. The second-order valence-corrected chi connectivity index (χ2v) is 5.88. The van der Waals surface area contributed by atoms with E-state index < -0.39 is 5.97 Å². The molecule has 0 spiro atoms. The van der Waals surface area contributed by atoms with Crippen LogP contribution in [0.3, 0.4) is 0 Å². The Kier molecular flexibility index (Phi) is 4.94. The first kappa shape index (κ1) is 15.5. The Morgan fingerprint density at radius 2 is 2.14 bits per heavy atom. The summed E-state index contributed by atoms with van der Waals surface area (Å²) in [5.41, 5.74) is 0. The topological polar surface area (TPSA) is 98.7 Å². The highest BCUT2D eigenvalue weighted by molar-refractivity contribution is 7.99. The zero-order valence-corrected chi connectivity index (χ0v) is 13.0.